The molecule has 2 aromatic carbocycles. The number of morpholine rings is 1. The van der Waals surface area contributed by atoms with Gasteiger partial charge in [0.15, 0.2) is 0 Å². The van der Waals surface area contributed by atoms with Gasteiger partial charge in [0.2, 0.25) is 5.76 Å². The van der Waals surface area contributed by atoms with Gasteiger partial charge in [0, 0.05) is 48.2 Å². The van der Waals surface area contributed by atoms with Crippen molar-refractivity contribution < 1.29 is 18.8 Å². The van der Waals surface area contributed by atoms with Crippen LogP contribution in [0.1, 0.15) is 44.9 Å². The van der Waals surface area contributed by atoms with Crippen molar-refractivity contribution in [2.45, 2.75) is 19.8 Å². The van der Waals surface area contributed by atoms with Crippen LogP contribution in [0.2, 0.25) is 0 Å². The van der Waals surface area contributed by atoms with E-state index in [0.717, 1.165) is 42.7 Å². The second-order valence-electron chi connectivity index (χ2n) is 10.5. The van der Waals surface area contributed by atoms with Crippen molar-refractivity contribution in [2.75, 3.05) is 63.2 Å². The average molecular weight is 543 g/mol. The third-order valence-electron chi connectivity index (χ3n) is 7.58. The first-order chi connectivity index (χ1) is 19.4. The van der Waals surface area contributed by atoms with Gasteiger partial charge in [-0.2, -0.15) is 5.26 Å². The summed E-state index contributed by atoms with van der Waals surface area (Å²) in [6.07, 6.45) is 2.12. The molecule has 2 N–H and O–H groups in total. The lowest BCUT2D eigenvalue weighted by atomic mass is 9.97. The number of anilines is 2. The van der Waals surface area contributed by atoms with E-state index in [1.54, 1.807) is 24.3 Å². The predicted octanol–water partition coefficient (Wildman–Crippen LogP) is 3.68. The number of rotatable bonds is 7. The fourth-order valence-electron chi connectivity index (χ4n) is 5.09. The second kappa shape index (κ2) is 12.3. The molecular formula is C30H34N6O4. The molecule has 10 nitrogen and oxygen atoms in total. The van der Waals surface area contributed by atoms with Gasteiger partial charge in [-0.3, -0.25) is 9.59 Å². The first kappa shape index (κ1) is 27.4. The Labute approximate surface area is 233 Å². The maximum absolute atomic E-state index is 13.2. The molecule has 0 unspecified atom stereocenters. The highest BCUT2D eigenvalue weighted by Crippen LogP contribution is 2.28. The van der Waals surface area contributed by atoms with Gasteiger partial charge < -0.3 is 29.7 Å². The van der Waals surface area contributed by atoms with Crippen LogP contribution < -0.4 is 15.5 Å². The number of carbonyl (C=O) groups excluding carboxylic acids is 2. The number of amides is 2. The van der Waals surface area contributed by atoms with E-state index in [9.17, 15) is 14.9 Å². The number of likely N-dealkylation sites (tertiary alicyclic amines) is 1. The first-order valence-electron chi connectivity index (χ1n) is 13.6. The zero-order valence-electron chi connectivity index (χ0n) is 22.9. The number of aryl methyl sites for hydroxylation is 1. The molecule has 1 aromatic heterocycles. The van der Waals surface area contributed by atoms with E-state index in [1.165, 1.54) is 0 Å². The van der Waals surface area contributed by atoms with Crippen molar-refractivity contribution in [3.63, 3.8) is 0 Å². The van der Waals surface area contributed by atoms with E-state index in [1.807, 2.05) is 25.1 Å². The lowest BCUT2D eigenvalue weighted by molar-refractivity contribution is 0.0901. The first-order valence-corrected chi connectivity index (χ1v) is 13.6. The Bertz CT molecular complexity index is 1410. The van der Waals surface area contributed by atoms with E-state index < -0.39 is 0 Å². The van der Waals surface area contributed by atoms with Gasteiger partial charge in [0.25, 0.3) is 11.8 Å². The van der Waals surface area contributed by atoms with Crippen LogP contribution in [0, 0.1) is 24.2 Å². The molecule has 3 heterocycles. The van der Waals surface area contributed by atoms with Crippen molar-refractivity contribution in [2.24, 2.45) is 5.92 Å². The van der Waals surface area contributed by atoms with Crippen molar-refractivity contribution in [3.05, 3.63) is 64.9 Å². The molecule has 2 aliphatic heterocycles. The van der Waals surface area contributed by atoms with Gasteiger partial charge in [-0.1, -0.05) is 11.2 Å². The van der Waals surface area contributed by atoms with E-state index in [0.29, 0.717) is 61.3 Å². The number of nitrogens with zero attached hydrogens (tertiary/aromatic N) is 4. The van der Waals surface area contributed by atoms with E-state index in [4.69, 9.17) is 9.26 Å². The molecule has 40 heavy (non-hydrogen) atoms. The highest BCUT2D eigenvalue weighted by molar-refractivity contribution is 6.05. The molecule has 2 amide bonds. The molecule has 5 rings (SSSR count). The molecule has 0 bridgehead atoms. The summed E-state index contributed by atoms with van der Waals surface area (Å²) in [6.45, 7) is 7.24. The third kappa shape index (κ3) is 6.50. The number of aromatic nitrogens is 1. The van der Waals surface area contributed by atoms with Crippen LogP contribution in [0.15, 0.2) is 47.0 Å². The Kier molecular flexibility index (Phi) is 8.43. The van der Waals surface area contributed by atoms with Gasteiger partial charge in [-0.05, 0) is 81.7 Å². The normalized spacial score (nSPS) is 16.4. The topological polar surface area (TPSA) is 124 Å². The number of nitriles is 1. The van der Waals surface area contributed by atoms with Gasteiger partial charge in [-0.25, -0.2) is 0 Å². The minimum atomic E-state index is -0.324. The number of carbonyl (C=O) groups is 2. The molecule has 10 heteroatoms. The van der Waals surface area contributed by atoms with Crippen LogP contribution in [0.25, 0.3) is 11.3 Å². The molecule has 2 aliphatic rings. The number of ether oxygens (including phenoxy) is 1. The summed E-state index contributed by atoms with van der Waals surface area (Å²) >= 11 is 0. The summed E-state index contributed by atoms with van der Waals surface area (Å²) in [5.74, 6) is 0.00776. The molecule has 0 spiro atoms. The Morgan fingerprint density at radius 3 is 2.58 bits per heavy atom. The van der Waals surface area contributed by atoms with Crippen LogP contribution in [0.3, 0.4) is 0 Å². The summed E-state index contributed by atoms with van der Waals surface area (Å²) in [5.41, 5.74) is 4.38. The minimum Gasteiger partial charge on any atom is -0.378 e. The monoisotopic (exact) mass is 542 g/mol. The average Bonchev–Trinajstić information content (AvgIpc) is 3.48. The van der Waals surface area contributed by atoms with Crippen LogP contribution >= 0.6 is 0 Å². The molecule has 0 aliphatic carbocycles. The highest BCUT2D eigenvalue weighted by Gasteiger charge is 2.21. The van der Waals surface area contributed by atoms with Gasteiger partial charge in [0.05, 0.1) is 24.8 Å². The third-order valence-corrected chi connectivity index (χ3v) is 7.58. The number of nitrogens with one attached hydrogen (secondary N) is 2. The standard InChI is InChI=1S/C30H34N6O4/c1-20-3-4-24(33-29(37)23-13-22(18-31)14-25(15-23)36-9-11-39-12-10-36)16-26(20)27-17-28(40-34-27)30(38)32-19-21-5-7-35(2)8-6-21/h3-4,13-17,21H,5-12,19H2,1-2H3,(H,32,38)(H,33,37). The largest absolute Gasteiger partial charge is 0.378 e. The van der Waals surface area contributed by atoms with E-state index in [-0.39, 0.29) is 17.6 Å². The van der Waals surface area contributed by atoms with Crippen LogP contribution in [-0.4, -0.2) is 74.9 Å². The fourth-order valence-corrected chi connectivity index (χ4v) is 5.09. The molecule has 3 aromatic rings. The van der Waals surface area contributed by atoms with E-state index >= 15 is 0 Å². The SMILES string of the molecule is Cc1ccc(NC(=O)c2cc(C#N)cc(N3CCOCC3)c2)cc1-c1cc(C(=O)NCC2CCN(C)CC2)on1. The minimum absolute atomic E-state index is 0.153. The number of hydrogen-bond donors (Lipinski definition) is 2. The van der Waals surface area contributed by atoms with Gasteiger partial charge >= 0.3 is 0 Å². The highest BCUT2D eigenvalue weighted by atomic mass is 16.5. The number of piperidine rings is 1. The van der Waals surface area contributed by atoms with Crippen LogP contribution in [-0.2, 0) is 4.74 Å². The number of benzene rings is 2. The second-order valence-corrected chi connectivity index (χ2v) is 10.5. The van der Waals surface area contributed by atoms with Crippen molar-refractivity contribution in [1.82, 2.24) is 15.4 Å². The lowest BCUT2D eigenvalue weighted by Crippen LogP contribution is -2.36. The maximum atomic E-state index is 13.2. The maximum Gasteiger partial charge on any atom is 0.289 e. The molecule has 0 atom stereocenters. The summed E-state index contributed by atoms with van der Waals surface area (Å²) in [6, 6.07) is 14.4. The number of hydrogen-bond acceptors (Lipinski definition) is 8. The molecule has 2 fully saturated rings. The fraction of sp³-hybridized carbons (Fsp3) is 0.400. The Hall–Kier alpha value is -4.20. The lowest BCUT2D eigenvalue weighted by Gasteiger charge is -2.29. The predicted molar refractivity (Wildman–Crippen MR) is 151 cm³/mol. The molecule has 0 radical (unpaired) electrons. The van der Waals surface area contributed by atoms with Crippen LogP contribution in [0.4, 0.5) is 11.4 Å². The summed E-state index contributed by atoms with van der Waals surface area (Å²) in [4.78, 5) is 30.3. The summed E-state index contributed by atoms with van der Waals surface area (Å²) < 4.78 is 10.8. The quantitative estimate of drug-likeness (QED) is 0.464. The Balaban J connectivity index is 1.27. The van der Waals surface area contributed by atoms with Crippen molar-refractivity contribution in [3.8, 4) is 17.3 Å². The summed E-state index contributed by atoms with van der Waals surface area (Å²) in [5, 5.41) is 19.6. The van der Waals surface area contributed by atoms with E-state index in [2.05, 4.69) is 38.7 Å². The van der Waals surface area contributed by atoms with Crippen molar-refractivity contribution >= 4 is 23.2 Å². The summed E-state index contributed by atoms with van der Waals surface area (Å²) in [7, 11) is 2.11. The molecule has 0 saturated carbocycles. The zero-order valence-corrected chi connectivity index (χ0v) is 22.9. The van der Waals surface area contributed by atoms with Crippen LogP contribution in [0.5, 0.6) is 0 Å². The Morgan fingerprint density at radius 2 is 1.82 bits per heavy atom. The molecule has 2 saturated heterocycles. The molecule has 208 valence electrons. The zero-order chi connectivity index (χ0) is 28.1. The Morgan fingerprint density at radius 1 is 1.05 bits per heavy atom. The van der Waals surface area contributed by atoms with Gasteiger partial charge in [-0.15, -0.1) is 0 Å². The smallest absolute Gasteiger partial charge is 0.289 e. The van der Waals surface area contributed by atoms with Crippen molar-refractivity contribution in [1.29, 1.82) is 5.26 Å². The molecular weight excluding hydrogens is 508 g/mol. The van der Waals surface area contributed by atoms with Gasteiger partial charge in [0.1, 0.15) is 5.69 Å².